The first-order valence-corrected chi connectivity index (χ1v) is 8.36. The molecule has 0 radical (unpaired) electrons. The van der Waals surface area contributed by atoms with Gasteiger partial charge >= 0.3 is 0 Å². The van der Waals surface area contributed by atoms with Crippen molar-refractivity contribution in [3.05, 3.63) is 47.5 Å². The lowest BCUT2D eigenvalue weighted by molar-refractivity contribution is 0.257. The van der Waals surface area contributed by atoms with Crippen molar-refractivity contribution < 1.29 is 0 Å². The minimum atomic E-state index is 0.589. The Balaban J connectivity index is 1.61. The number of hydrogen-bond donors (Lipinski definition) is 1. The van der Waals surface area contributed by atoms with E-state index in [1.165, 1.54) is 37.7 Å². The van der Waals surface area contributed by atoms with Gasteiger partial charge in [0.2, 0.25) is 0 Å². The van der Waals surface area contributed by atoms with Crippen LogP contribution in [0.5, 0.6) is 0 Å². The molecule has 0 bridgehead atoms. The fourth-order valence-corrected chi connectivity index (χ4v) is 3.46. The first-order chi connectivity index (χ1) is 10.7. The predicted molar refractivity (Wildman–Crippen MR) is 88.5 cm³/mol. The summed E-state index contributed by atoms with van der Waals surface area (Å²) in [6, 6.07) is 11.5. The van der Waals surface area contributed by atoms with Crippen molar-refractivity contribution in [2.45, 2.75) is 51.6 Å². The third-order valence-corrected chi connectivity index (χ3v) is 4.95. The lowest BCUT2D eigenvalue weighted by Crippen LogP contribution is -2.39. The largest absolute Gasteiger partial charge is 0.317 e. The van der Waals surface area contributed by atoms with Crippen molar-refractivity contribution >= 4 is 0 Å². The zero-order chi connectivity index (χ0) is 15.4. The van der Waals surface area contributed by atoms with Gasteiger partial charge in [0.25, 0.3) is 0 Å². The minimum Gasteiger partial charge on any atom is -0.317 e. The topological polar surface area (TPSA) is 42.7 Å². The molecule has 3 rings (SSSR count). The SMILES string of the molecule is Cc1nnc(CN[C@@H]2CCCC[C@H]2Cc2ccccc2)n1C. The van der Waals surface area contributed by atoms with Crippen LogP contribution in [0.1, 0.15) is 42.9 Å². The molecule has 118 valence electrons. The van der Waals surface area contributed by atoms with Crippen LogP contribution in [0.4, 0.5) is 0 Å². The van der Waals surface area contributed by atoms with E-state index in [0.29, 0.717) is 6.04 Å². The van der Waals surface area contributed by atoms with Gasteiger partial charge in [-0.15, -0.1) is 10.2 Å². The van der Waals surface area contributed by atoms with Crippen LogP contribution < -0.4 is 5.32 Å². The average molecular weight is 298 g/mol. The maximum atomic E-state index is 4.26. The highest BCUT2D eigenvalue weighted by Crippen LogP contribution is 2.27. The molecule has 0 saturated heterocycles. The molecule has 1 aromatic heterocycles. The Hall–Kier alpha value is -1.68. The van der Waals surface area contributed by atoms with Gasteiger partial charge in [-0.3, -0.25) is 0 Å². The molecule has 2 atom stereocenters. The second-order valence-corrected chi connectivity index (χ2v) is 6.44. The Morgan fingerprint density at radius 1 is 1.14 bits per heavy atom. The zero-order valence-corrected chi connectivity index (χ0v) is 13.6. The second kappa shape index (κ2) is 7.05. The van der Waals surface area contributed by atoms with E-state index in [9.17, 15) is 0 Å². The Bertz CT molecular complexity index is 590. The van der Waals surface area contributed by atoms with Crippen LogP contribution in [0, 0.1) is 12.8 Å². The van der Waals surface area contributed by atoms with E-state index in [0.717, 1.165) is 24.1 Å². The molecule has 4 nitrogen and oxygen atoms in total. The van der Waals surface area contributed by atoms with Gasteiger partial charge in [0, 0.05) is 13.1 Å². The molecule has 1 aliphatic carbocycles. The molecule has 1 fully saturated rings. The van der Waals surface area contributed by atoms with Gasteiger partial charge < -0.3 is 9.88 Å². The van der Waals surface area contributed by atoms with Gasteiger partial charge in [0.15, 0.2) is 0 Å². The molecule has 1 aliphatic rings. The van der Waals surface area contributed by atoms with Gasteiger partial charge in [-0.25, -0.2) is 0 Å². The van der Waals surface area contributed by atoms with Gasteiger partial charge in [-0.1, -0.05) is 43.2 Å². The third-order valence-electron chi connectivity index (χ3n) is 4.95. The Morgan fingerprint density at radius 2 is 1.91 bits per heavy atom. The standard InChI is InChI=1S/C18H26N4/c1-14-20-21-18(22(14)2)13-19-17-11-7-6-10-16(17)12-15-8-4-3-5-9-15/h3-5,8-9,16-17,19H,6-7,10-13H2,1-2H3/t16-,17+/m0/s1. The van der Waals surface area contributed by atoms with Crippen molar-refractivity contribution in [1.82, 2.24) is 20.1 Å². The lowest BCUT2D eigenvalue weighted by Gasteiger charge is -2.32. The second-order valence-electron chi connectivity index (χ2n) is 6.44. The van der Waals surface area contributed by atoms with E-state index in [1.54, 1.807) is 0 Å². The molecule has 1 heterocycles. The molecule has 2 aromatic rings. The van der Waals surface area contributed by atoms with E-state index in [4.69, 9.17) is 0 Å². The molecule has 1 saturated carbocycles. The summed E-state index contributed by atoms with van der Waals surface area (Å²) in [6.45, 7) is 2.81. The first kappa shape index (κ1) is 15.2. The average Bonchev–Trinajstić information content (AvgIpc) is 2.87. The molecule has 1 aromatic carbocycles. The van der Waals surface area contributed by atoms with Crippen LogP contribution in [0.3, 0.4) is 0 Å². The van der Waals surface area contributed by atoms with Gasteiger partial charge in [0.05, 0.1) is 6.54 Å². The Labute approximate surface area is 133 Å². The van der Waals surface area contributed by atoms with E-state index < -0.39 is 0 Å². The lowest BCUT2D eigenvalue weighted by atomic mass is 9.80. The maximum Gasteiger partial charge on any atom is 0.146 e. The molecular weight excluding hydrogens is 272 g/mol. The smallest absolute Gasteiger partial charge is 0.146 e. The molecule has 0 aliphatic heterocycles. The molecular formula is C18H26N4. The van der Waals surface area contributed by atoms with Crippen molar-refractivity contribution in [2.75, 3.05) is 0 Å². The predicted octanol–water partition coefficient (Wildman–Crippen LogP) is 3.01. The molecule has 0 spiro atoms. The minimum absolute atomic E-state index is 0.589. The van der Waals surface area contributed by atoms with Crippen molar-refractivity contribution in [3.63, 3.8) is 0 Å². The van der Waals surface area contributed by atoms with Gasteiger partial charge in [-0.2, -0.15) is 0 Å². The summed E-state index contributed by atoms with van der Waals surface area (Å²) in [6.07, 6.45) is 6.47. The summed E-state index contributed by atoms with van der Waals surface area (Å²) in [7, 11) is 2.04. The van der Waals surface area contributed by atoms with Gasteiger partial charge in [-0.05, 0) is 37.7 Å². The summed E-state index contributed by atoms with van der Waals surface area (Å²) >= 11 is 0. The number of aryl methyl sites for hydroxylation is 1. The van der Waals surface area contributed by atoms with Crippen molar-refractivity contribution in [3.8, 4) is 0 Å². The highest BCUT2D eigenvalue weighted by Gasteiger charge is 2.25. The molecule has 4 heteroatoms. The van der Waals surface area contributed by atoms with Crippen LogP contribution in [-0.2, 0) is 20.0 Å². The van der Waals surface area contributed by atoms with Crippen LogP contribution in [0.25, 0.3) is 0 Å². The van der Waals surface area contributed by atoms with E-state index in [-0.39, 0.29) is 0 Å². The quantitative estimate of drug-likeness (QED) is 0.922. The van der Waals surface area contributed by atoms with Crippen LogP contribution in [-0.4, -0.2) is 20.8 Å². The number of nitrogens with one attached hydrogen (secondary N) is 1. The van der Waals surface area contributed by atoms with E-state index >= 15 is 0 Å². The number of rotatable bonds is 5. The maximum absolute atomic E-state index is 4.26. The third kappa shape index (κ3) is 3.55. The molecule has 1 N–H and O–H groups in total. The van der Waals surface area contributed by atoms with Crippen LogP contribution >= 0.6 is 0 Å². The highest BCUT2D eigenvalue weighted by atomic mass is 15.3. The molecule has 0 unspecified atom stereocenters. The molecule has 0 amide bonds. The highest BCUT2D eigenvalue weighted by molar-refractivity contribution is 5.15. The fourth-order valence-electron chi connectivity index (χ4n) is 3.46. The Morgan fingerprint density at radius 3 is 2.64 bits per heavy atom. The summed E-state index contributed by atoms with van der Waals surface area (Å²) in [4.78, 5) is 0. The summed E-state index contributed by atoms with van der Waals surface area (Å²) < 4.78 is 2.07. The number of hydrogen-bond acceptors (Lipinski definition) is 3. The van der Waals surface area contributed by atoms with Crippen LogP contribution in [0.15, 0.2) is 30.3 Å². The normalized spacial score (nSPS) is 21.9. The number of nitrogens with zero attached hydrogens (tertiary/aromatic N) is 3. The monoisotopic (exact) mass is 298 g/mol. The summed E-state index contributed by atoms with van der Waals surface area (Å²) in [5, 5.41) is 12.1. The fraction of sp³-hybridized carbons (Fsp3) is 0.556. The van der Waals surface area contributed by atoms with E-state index in [2.05, 4.69) is 50.4 Å². The summed E-state index contributed by atoms with van der Waals surface area (Å²) in [5.74, 6) is 2.73. The Kier molecular flexibility index (Phi) is 4.88. The van der Waals surface area contributed by atoms with Crippen molar-refractivity contribution in [2.24, 2.45) is 13.0 Å². The van der Waals surface area contributed by atoms with Gasteiger partial charge in [0.1, 0.15) is 11.6 Å². The van der Waals surface area contributed by atoms with Crippen LogP contribution in [0.2, 0.25) is 0 Å². The van der Waals surface area contributed by atoms with E-state index in [1.807, 2.05) is 14.0 Å². The summed E-state index contributed by atoms with van der Waals surface area (Å²) in [5.41, 5.74) is 1.45. The number of benzene rings is 1. The first-order valence-electron chi connectivity index (χ1n) is 8.36. The zero-order valence-electron chi connectivity index (χ0n) is 13.6. The number of aromatic nitrogens is 3. The molecule has 22 heavy (non-hydrogen) atoms. The van der Waals surface area contributed by atoms with Crippen molar-refractivity contribution in [1.29, 1.82) is 0 Å².